The number of hydrogen-bond acceptors (Lipinski definition) is 4. The third-order valence-electron chi connectivity index (χ3n) is 3.77. The minimum Gasteiger partial charge on any atom is -0.461 e. The van der Waals surface area contributed by atoms with Crippen molar-refractivity contribution in [2.45, 2.75) is 27.3 Å². The maximum atomic E-state index is 11.7. The average Bonchev–Trinajstić information content (AvgIpc) is 2.68. The second kappa shape index (κ2) is 3.96. The maximum absolute atomic E-state index is 11.7. The molecule has 2 aromatic heterocycles. The molecule has 0 spiro atoms. The Morgan fingerprint density at radius 1 is 1.00 bits per heavy atom. The van der Waals surface area contributed by atoms with E-state index >= 15 is 0 Å². The van der Waals surface area contributed by atoms with Crippen LogP contribution in [0.2, 0.25) is 0 Å². The molecule has 0 aliphatic rings. The zero-order chi connectivity index (χ0) is 13.7. The first-order valence-corrected chi connectivity index (χ1v) is 6.19. The third kappa shape index (κ3) is 1.60. The van der Waals surface area contributed by atoms with Gasteiger partial charge in [0.2, 0.25) is 0 Å². The lowest BCUT2D eigenvalue weighted by Crippen LogP contribution is -2.05. The number of rotatable bonds is 1. The predicted octanol–water partition coefficient (Wildman–Crippen LogP) is 2.92. The topological polar surface area (TPSA) is 69.4 Å². The third-order valence-corrected chi connectivity index (χ3v) is 3.77. The van der Waals surface area contributed by atoms with Gasteiger partial charge in [-0.2, -0.15) is 0 Å². The smallest absolute Gasteiger partial charge is 0.339 e. The molecule has 0 atom stereocenters. The van der Waals surface area contributed by atoms with Gasteiger partial charge in [0.05, 0.1) is 0 Å². The summed E-state index contributed by atoms with van der Waals surface area (Å²) < 4.78 is 11.0. The highest BCUT2D eigenvalue weighted by Gasteiger charge is 2.14. The van der Waals surface area contributed by atoms with Gasteiger partial charge in [0.15, 0.2) is 0 Å². The minimum absolute atomic E-state index is 0.299. The van der Waals surface area contributed by atoms with Crippen LogP contribution in [0.1, 0.15) is 22.5 Å². The first kappa shape index (κ1) is 12.0. The van der Waals surface area contributed by atoms with E-state index in [4.69, 9.17) is 14.6 Å². The summed E-state index contributed by atoms with van der Waals surface area (Å²) >= 11 is 0. The second-order valence-electron chi connectivity index (χ2n) is 4.82. The number of fused-ring (bicyclic) bond motifs is 2. The van der Waals surface area contributed by atoms with Crippen LogP contribution in [0.5, 0.6) is 0 Å². The summed E-state index contributed by atoms with van der Waals surface area (Å²) in [5.74, 6) is 0.810. The Morgan fingerprint density at radius 3 is 2.37 bits per heavy atom. The Balaban J connectivity index is 2.53. The molecule has 1 aromatic carbocycles. The van der Waals surface area contributed by atoms with E-state index in [9.17, 15) is 4.79 Å². The zero-order valence-electron chi connectivity index (χ0n) is 11.2. The van der Waals surface area contributed by atoms with Crippen molar-refractivity contribution in [2.75, 3.05) is 0 Å². The number of benzene rings is 1. The number of hydrogen-bond donors (Lipinski definition) is 1. The van der Waals surface area contributed by atoms with E-state index in [1.54, 1.807) is 13.0 Å². The van der Waals surface area contributed by atoms with Crippen LogP contribution in [0.25, 0.3) is 21.9 Å². The monoisotopic (exact) mass is 257 g/mol. The van der Waals surface area contributed by atoms with E-state index in [1.165, 1.54) is 0 Å². The van der Waals surface area contributed by atoms with E-state index < -0.39 is 0 Å². The van der Waals surface area contributed by atoms with Gasteiger partial charge in [-0.1, -0.05) is 0 Å². The molecule has 3 rings (SSSR count). The van der Waals surface area contributed by atoms with Crippen LogP contribution in [-0.2, 0) is 6.54 Å². The Labute approximate surface area is 109 Å². The molecular formula is C15H15NO3. The molecule has 0 unspecified atom stereocenters. The summed E-state index contributed by atoms with van der Waals surface area (Å²) in [6.07, 6.45) is 0. The predicted molar refractivity (Wildman–Crippen MR) is 74.4 cm³/mol. The van der Waals surface area contributed by atoms with Crippen LogP contribution in [0.4, 0.5) is 0 Å². The van der Waals surface area contributed by atoms with E-state index in [2.05, 4.69) is 0 Å². The van der Waals surface area contributed by atoms with Crippen molar-refractivity contribution in [2.24, 2.45) is 5.73 Å². The molecule has 0 aliphatic heterocycles. The summed E-state index contributed by atoms with van der Waals surface area (Å²) in [6.45, 7) is 6.02. The fraction of sp³-hybridized carbons (Fsp3) is 0.267. The molecule has 0 bridgehead atoms. The van der Waals surface area contributed by atoms with Gasteiger partial charge in [-0.3, -0.25) is 0 Å². The summed E-state index contributed by atoms with van der Waals surface area (Å²) in [7, 11) is 0. The van der Waals surface area contributed by atoms with Gasteiger partial charge >= 0.3 is 5.63 Å². The molecule has 2 heterocycles. The molecule has 19 heavy (non-hydrogen) atoms. The molecule has 0 saturated carbocycles. The fourth-order valence-electron chi connectivity index (χ4n) is 2.46. The molecule has 0 fully saturated rings. The van der Waals surface area contributed by atoms with Gasteiger partial charge in [0.25, 0.3) is 0 Å². The Morgan fingerprint density at radius 2 is 1.68 bits per heavy atom. The van der Waals surface area contributed by atoms with Crippen LogP contribution in [0, 0.1) is 20.8 Å². The summed E-state index contributed by atoms with van der Waals surface area (Å²) in [4.78, 5) is 11.7. The fourth-order valence-corrected chi connectivity index (χ4v) is 2.46. The standard InChI is InChI=1S/C15H15NO3/c1-7-8(2)15(17)19-13-5-14-11(4-10(7)13)12(6-16)9(3)18-14/h4-5H,6,16H2,1-3H3. The average molecular weight is 257 g/mol. The van der Waals surface area contributed by atoms with E-state index in [-0.39, 0.29) is 5.63 Å². The van der Waals surface area contributed by atoms with E-state index in [1.807, 2.05) is 19.9 Å². The molecular weight excluding hydrogens is 242 g/mol. The molecule has 4 heteroatoms. The number of furan rings is 1. The highest BCUT2D eigenvalue weighted by atomic mass is 16.4. The number of aryl methyl sites for hydroxylation is 2. The van der Waals surface area contributed by atoms with Gasteiger partial charge in [-0.15, -0.1) is 0 Å². The zero-order valence-corrected chi connectivity index (χ0v) is 11.2. The highest BCUT2D eigenvalue weighted by molar-refractivity contribution is 5.96. The van der Waals surface area contributed by atoms with E-state index in [0.717, 1.165) is 27.7 Å². The lowest BCUT2D eigenvalue weighted by atomic mass is 10.0. The van der Waals surface area contributed by atoms with Crippen molar-refractivity contribution < 1.29 is 8.83 Å². The quantitative estimate of drug-likeness (QED) is 0.680. The maximum Gasteiger partial charge on any atom is 0.339 e. The summed E-state index contributed by atoms with van der Waals surface area (Å²) in [5.41, 5.74) is 9.30. The van der Waals surface area contributed by atoms with Gasteiger partial charge in [-0.25, -0.2) is 4.79 Å². The minimum atomic E-state index is -0.299. The van der Waals surface area contributed by atoms with Crippen molar-refractivity contribution in [1.82, 2.24) is 0 Å². The van der Waals surface area contributed by atoms with Crippen molar-refractivity contribution in [3.8, 4) is 0 Å². The first-order valence-electron chi connectivity index (χ1n) is 6.19. The first-order chi connectivity index (χ1) is 9.02. The van der Waals surface area contributed by atoms with Gasteiger partial charge in [-0.05, 0) is 32.4 Å². The largest absolute Gasteiger partial charge is 0.461 e. The van der Waals surface area contributed by atoms with Crippen molar-refractivity contribution in [1.29, 1.82) is 0 Å². The Kier molecular flexibility index (Phi) is 2.50. The summed E-state index contributed by atoms with van der Waals surface area (Å²) in [6, 6.07) is 3.76. The number of nitrogens with two attached hydrogens (primary N) is 1. The molecule has 0 aliphatic carbocycles. The molecule has 0 saturated heterocycles. The van der Waals surface area contributed by atoms with Crippen LogP contribution < -0.4 is 11.4 Å². The lowest BCUT2D eigenvalue weighted by molar-refractivity contribution is 0.549. The van der Waals surface area contributed by atoms with Crippen LogP contribution in [0.3, 0.4) is 0 Å². The summed E-state index contributed by atoms with van der Waals surface area (Å²) in [5, 5.41) is 1.92. The molecule has 2 N–H and O–H groups in total. The molecule has 3 aromatic rings. The van der Waals surface area contributed by atoms with Gasteiger partial charge in [0.1, 0.15) is 16.9 Å². The molecule has 98 valence electrons. The van der Waals surface area contributed by atoms with Crippen LogP contribution in [0.15, 0.2) is 25.8 Å². The van der Waals surface area contributed by atoms with Gasteiger partial charge in [0, 0.05) is 34.5 Å². The Hall–Kier alpha value is -2.07. The molecule has 0 amide bonds. The normalized spacial score (nSPS) is 11.6. The van der Waals surface area contributed by atoms with Crippen LogP contribution >= 0.6 is 0 Å². The molecule has 4 nitrogen and oxygen atoms in total. The lowest BCUT2D eigenvalue weighted by Gasteiger charge is -2.04. The van der Waals surface area contributed by atoms with E-state index in [0.29, 0.717) is 23.3 Å². The van der Waals surface area contributed by atoms with Crippen molar-refractivity contribution >= 4 is 21.9 Å². The van der Waals surface area contributed by atoms with Gasteiger partial charge < -0.3 is 14.6 Å². The second-order valence-corrected chi connectivity index (χ2v) is 4.82. The van der Waals surface area contributed by atoms with Crippen molar-refractivity contribution in [3.63, 3.8) is 0 Å². The SMILES string of the molecule is Cc1oc2cc3oc(=O)c(C)c(C)c3cc2c1CN. The van der Waals surface area contributed by atoms with Crippen molar-refractivity contribution in [3.05, 3.63) is 45.0 Å². The Bertz CT molecular complexity index is 855. The molecule has 0 radical (unpaired) electrons. The van der Waals surface area contributed by atoms with Crippen LogP contribution in [-0.4, -0.2) is 0 Å². The highest BCUT2D eigenvalue weighted by Crippen LogP contribution is 2.30.